The van der Waals surface area contributed by atoms with Crippen molar-refractivity contribution < 1.29 is 9.59 Å². The van der Waals surface area contributed by atoms with Crippen LogP contribution in [-0.4, -0.2) is 44.3 Å². The number of nitrogens with zero attached hydrogens (tertiary/aromatic N) is 4. The molecule has 0 spiro atoms. The molecule has 3 heterocycles. The molecule has 1 fully saturated rings. The molecule has 24 heavy (non-hydrogen) atoms. The minimum absolute atomic E-state index is 0.0532. The van der Waals surface area contributed by atoms with Crippen LogP contribution in [-0.2, 0) is 9.59 Å². The Morgan fingerprint density at radius 1 is 1.42 bits per heavy atom. The Balaban J connectivity index is 1.60. The average molecular weight is 327 g/mol. The van der Waals surface area contributed by atoms with Gasteiger partial charge >= 0.3 is 0 Å². The Labute approximate surface area is 140 Å². The Morgan fingerprint density at radius 2 is 2.25 bits per heavy atom. The van der Waals surface area contributed by atoms with Crippen LogP contribution in [0.25, 0.3) is 5.82 Å². The molecule has 2 aromatic rings. The van der Waals surface area contributed by atoms with Gasteiger partial charge in [-0.1, -0.05) is 13.8 Å². The molecule has 0 radical (unpaired) electrons. The number of hydrogen-bond donors (Lipinski definition) is 1. The predicted molar refractivity (Wildman–Crippen MR) is 89.5 cm³/mol. The fourth-order valence-corrected chi connectivity index (χ4v) is 2.82. The molecule has 1 N–H and O–H groups in total. The number of carbonyl (C=O) groups is 2. The zero-order valence-electron chi connectivity index (χ0n) is 13.8. The third-order valence-electron chi connectivity index (χ3n) is 3.96. The summed E-state index contributed by atoms with van der Waals surface area (Å²) in [6, 6.07) is 3.60. The number of amides is 2. The molecule has 7 nitrogen and oxygen atoms in total. The minimum atomic E-state index is -0.301. The van der Waals surface area contributed by atoms with Crippen molar-refractivity contribution in [2.45, 2.75) is 20.3 Å². The monoisotopic (exact) mass is 327 g/mol. The summed E-state index contributed by atoms with van der Waals surface area (Å²) in [6.45, 7) is 5.31. The fourth-order valence-electron chi connectivity index (χ4n) is 2.82. The highest BCUT2D eigenvalue weighted by Crippen LogP contribution is 2.21. The Hall–Kier alpha value is -2.70. The highest BCUT2D eigenvalue weighted by Gasteiger charge is 2.34. The largest absolute Gasteiger partial charge is 0.342 e. The molecule has 2 amide bonds. The molecule has 7 heteroatoms. The first-order valence-electron chi connectivity index (χ1n) is 8.06. The van der Waals surface area contributed by atoms with Gasteiger partial charge in [0, 0.05) is 31.9 Å². The molecule has 126 valence electrons. The number of anilines is 1. The average Bonchev–Trinajstić information content (AvgIpc) is 3.18. The first kappa shape index (κ1) is 16.2. The molecule has 0 saturated carbocycles. The number of pyridine rings is 1. The smallest absolute Gasteiger partial charge is 0.229 e. The summed E-state index contributed by atoms with van der Waals surface area (Å²) in [5, 5.41) is 2.85. The first-order chi connectivity index (χ1) is 11.5. The number of imidazole rings is 1. The van der Waals surface area contributed by atoms with E-state index in [-0.39, 0.29) is 24.2 Å². The second-order valence-corrected chi connectivity index (χ2v) is 6.46. The summed E-state index contributed by atoms with van der Waals surface area (Å²) in [4.78, 5) is 34.4. The molecule has 1 saturated heterocycles. The van der Waals surface area contributed by atoms with Gasteiger partial charge in [-0.3, -0.25) is 14.2 Å². The zero-order valence-corrected chi connectivity index (χ0v) is 13.8. The van der Waals surface area contributed by atoms with Crippen molar-refractivity contribution in [3.63, 3.8) is 0 Å². The summed E-state index contributed by atoms with van der Waals surface area (Å²) >= 11 is 0. The first-order valence-corrected chi connectivity index (χ1v) is 8.06. The molecule has 1 aliphatic rings. The van der Waals surface area contributed by atoms with Crippen molar-refractivity contribution in [3.05, 3.63) is 37.1 Å². The van der Waals surface area contributed by atoms with Gasteiger partial charge in [-0.2, -0.15) is 0 Å². The van der Waals surface area contributed by atoms with Crippen molar-refractivity contribution in [2.75, 3.05) is 18.4 Å². The van der Waals surface area contributed by atoms with Gasteiger partial charge in [0.1, 0.15) is 12.1 Å². The second kappa shape index (κ2) is 6.82. The predicted octanol–water partition coefficient (Wildman–Crippen LogP) is 1.71. The van der Waals surface area contributed by atoms with Crippen LogP contribution in [0.15, 0.2) is 37.1 Å². The van der Waals surface area contributed by atoms with E-state index in [4.69, 9.17) is 0 Å². The standard InChI is InChI=1S/C17H21N5O2/c1-12(2)9-22-10-13(7-16(22)23)17(24)20-14-3-4-15(19-8-14)21-6-5-18-11-21/h3-6,8,11-13H,7,9-10H2,1-2H3,(H,20,24)/t13-/m1/s1. The van der Waals surface area contributed by atoms with Crippen molar-refractivity contribution >= 4 is 17.5 Å². The van der Waals surface area contributed by atoms with Gasteiger partial charge in [-0.15, -0.1) is 0 Å². The molecule has 1 atom stereocenters. The SMILES string of the molecule is CC(C)CN1C[C@H](C(=O)Nc2ccc(-n3ccnc3)nc2)CC1=O. The van der Waals surface area contributed by atoms with Gasteiger partial charge in [0.25, 0.3) is 0 Å². The number of rotatable bonds is 5. The van der Waals surface area contributed by atoms with E-state index in [0.29, 0.717) is 24.7 Å². The molecule has 0 bridgehead atoms. The van der Waals surface area contributed by atoms with Crippen LogP contribution in [0.4, 0.5) is 5.69 Å². The van der Waals surface area contributed by atoms with E-state index in [1.807, 2.05) is 6.07 Å². The van der Waals surface area contributed by atoms with Crippen LogP contribution in [0.2, 0.25) is 0 Å². The van der Waals surface area contributed by atoms with Crippen molar-refractivity contribution in [3.8, 4) is 5.82 Å². The number of hydrogen-bond acceptors (Lipinski definition) is 4. The van der Waals surface area contributed by atoms with Crippen molar-refractivity contribution in [1.82, 2.24) is 19.4 Å². The van der Waals surface area contributed by atoms with E-state index in [1.54, 1.807) is 40.5 Å². The fraction of sp³-hybridized carbons (Fsp3) is 0.412. The van der Waals surface area contributed by atoms with Crippen LogP contribution in [0.5, 0.6) is 0 Å². The van der Waals surface area contributed by atoms with Gasteiger partial charge in [0.05, 0.1) is 17.8 Å². The van der Waals surface area contributed by atoms with Gasteiger partial charge in [0.2, 0.25) is 11.8 Å². The number of likely N-dealkylation sites (tertiary alicyclic amines) is 1. The summed E-state index contributed by atoms with van der Waals surface area (Å²) in [5.41, 5.74) is 0.624. The summed E-state index contributed by atoms with van der Waals surface area (Å²) in [6.07, 6.45) is 7.02. The molecular weight excluding hydrogens is 306 g/mol. The minimum Gasteiger partial charge on any atom is -0.342 e. The molecule has 3 rings (SSSR count). The third kappa shape index (κ3) is 3.61. The van der Waals surface area contributed by atoms with Gasteiger partial charge < -0.3 is 10.2 Å². The molecule has 2 aromatic heterocycles. The lowest BCUT2D eigenvalue weighted by Gasteiger charge is -2.18. The molecule has 0 aromatic carbocycles. The van der Waals surface area contributed by atoms with Crippen molar-refractivity contribution in [2.24, 2.45) is 11.8 Å². The van der Waals surface area contributed by atoms with Crippen LogP contribution < -0.4 is 5.32 Å². The lowest BCUT2D eigenvalue weighted by atomic mass is 10.1. The summed E-state index contributed by atoms with van der Waals surface area (Å²) in [7, 11) is 0. The molecule has 1 aliphatic heterocycles. The highest BCUT2D eigenvalue weighted by atomic mass is 16.2. The molecular formula is C17H21N5O2. The van der Waals surface area contributed by atoms with Gasteiger partial charge in [-0.25, -0.2) is 9.97 Å². The summed E-state index contributed by atoms with van der Waals surface area (Å²) in [5.74, 6) is 0.745. The third-order valence-corrected chi connectivity index (χ3v) is 3.96. The lowest BCUT2D eigenvalue weighted by molar-refractivity contribution is -0.128. The number of aromatic nitrogens is 3. The van der Waals surface area contributed by atoms with Crippen molar-refractivity contribution in [1.29, 1.82) is 0 Å². The van der Waals surface area contributed by atoms with Crippen LogP contribution >= 0.6 is 0 Å². The van der Waals surface area contributed by atoms with E-state index >= 15 is 0 Å². The molecule has 0 unspecified atom stereocenters. The van der Waals surface area contributed by atoms with Crippen LogP contribution in [0.3, 0.4) is 0 Å². The maximum absolute atomic E-state index is 12.4. The Morgan fingerprint density at radius 3 is 2.88 bits per heavy atom. The van der Waals surface area contributed by atoms with E-state index in [2.05, 4.69) is 29.1 Å². The topological polar surface area (TPSA) is 80.1 Å². The van der Waals surface area contributed by atoms with E-state index in [0.717, 1.165) is 5.82 Å². The lowest BCUT2D eigenvalue weighted by Crippen LogP contribution is -2.31. The zero-order chi connectivity index (χ0) is 17.1. The Bertz CT molecular complexity index is 709. The number of carbonyl (C=O) groups excluding carboxylic acids is 2. The summed E-state index contributed by atoms with van der Waals surface area (Å²) < 4.78 is 1.78. The highest BCUT2D eigenvalue weighted by molar-refractivity contribution is 5.97. The maximum atomic E-state index is 12.4. The van der Waals surface area contributed by atoms with E-state index < -0.39 is 0 Å². The molecule has 0 aliphatic carbocycles. The van der Waals surface area contributed by atoms with E-state index in [1.165, 1.54) is 0 Å². The van der Waals surface area contributed by atoms with Gasteiger partial charge in [-0.05, 0) is 18.1 Å². The number of nitrogens with one attached hydrogen (secondary N) is 1. The normalized spacial score (nSPS) is 17.5. The maximum Gasteiger partial charge on any atom is 0.229 e. The van der Waals surface area contributed by atoms with Crippen LogP contribution in [0, 0.1) is 11.8 Å². The van der Waals surface area contributed by atoms with Gasteiger partial charge in [0.15, 0.2) is 0 Å². The Kier molecular flexibility index (Phi) is 4.59. The quantitative estimate of drug-likeness (QED) is 0.906. The second-order valence-electron chi connectivity index (χ2n) is 6.46. The van der Waals surface area contributed by atoms with Crippen LogP contribution in [0.1, 0.15) is 20.3 Å². The van der Waals surface area contributed by atoms with E-state index in [9.17, 15) is 9.59 Å².